The smallest absolute Gasteiger partial charge is 0.137 e. The van der Waals surface area contributed by atoms with Gasteiger partial charge in [-0.1, -0.05) is 23.2 Å². The number of H-pyrrole nitrogens is 2. The molecular formula is C20H13Cl2N5. The summed E-state index contributed by atoms with van der Waals surface area (Å²) in [5, 5.41) is 3.16. The predicted octanol–water partition coefficient (Wildman–Crippen LogP) is 5.32. The number of nitrogens with zero attached hydrogens (tertiary/aromatic N) is 3. The molecule has 0 spiro atoms. The van der Waals surface area contributed by atoms with Gasteiger partial charge in [-0.15, -0.1) is 0 Å². The minimum Gasteiger partial charge on any atom is -0.346 e. The van der Waals surface area contributed by atoms with Crippen molar-refractivity contribution in [2.45, 2.75) is 5.92 Å². The lowest BCUT2D eigenvalue weighted by Crippen LogP contribution is -2.02. The minimum absolute atomic E-state index is 0.0592. The van der Waals surface area contributed by atoms with E-state index in [0.29, 0.717) is 10.0 Å². The molecule has 0 atom stereocenters. The Morgan fingerprint density at radius 3 is 1.81 bits per heavy atom. The van der Waals surface area contributed by atoms with E-state index in [1.807, 2.05) is 36.7 Å². The van der Waals surface area contributed by atoms with Gasteiger partial charge in [-0.3, -0.25) is 4.98 Å². The fraction of sp³-hybridized carbons (Fsp3) is 0.0500. The van der Waals surface area contributed by atoms with Crippen molar-refractivity contribution >= 4 is 45.3 Å². The number of pyridine rings is 3. The first kappa shape index (κ1) is 16.3. The zero-order chi connectivity index (χ0) is 18.4. The van der Waals surface area contributed by atoms with Gasteiger partial charge in [0.15, 0.2) is 0 Å². The Labute approximate surface area is 164 Å². The molecular weight excluding hydrogens is 381 g/mol. The van der Waals surface area contributed by atoms with E-state index in [0.717, 1.165) is 38.8 Å². The highest BCUT2D eigenvalue weighted by Crippen LogP contribution is 2.39. The number of hydrogen-bond acceptors (Lipinski definition) is 3. The number of nitrogens with one attached hydrogen (secondary N) is 2. The molecule has 7 heteroatoms. The van der Waals surface area contributed by atoms with Crippen LogP contribution in [0.1, 0.15) is 22.6 Å². The van der Waals surface area contributed by atoms with Crippen LogP contribution in [-0.2, 0) is 0 Å². The Kier molecular flexibility index (Phi) is 3.85. The average molecular weight is 394 g/mol. The maximum atomic E-state index is 6.22. The summed E-state index contributed by atoms with van der Waals surface area (Å²) in [5.41, 5.74) is 4.85. The van der Waals surface area contributed by atoms with Gasteiger partial charge in [-0.2, -0.15) is 0 Å². The molecule has 5 nitrogen and oxygen atoms in total. The summed E-state index contributed by atoms with van der Waals surface area (Å²) in [5.74, 6) is -0.0592. The third-order valence-corrected chi connectivity index (χ3v) is 5.13. The van der Waals surface area contributed by atoms with Crippen LogP contribution < -0.4 is 0 Å². The summed E-state index contributed by atoms with van der Waals surface area (Å²) in [6, 6.07) is 7.89. The molecule has 5 aromatic heterocycles. The highest BCUT2D eigenvalue weighted by atomic mass is 35.5. The number of hydrogen-bond donors (Lipinski definition) is 2. The maximum absolute atomic E-state index is 6.22. The highest BCUT2D eigenvalue weighted by Gasteiger charge is 2.24. The van der Waals surface area contributed by atoms with Crippen LogP contribution >= 0.6 is 23.2 Å². The first-order chi connectivity index (χ1) is 13.2. The molecule has 27 heavy (non-hydrogen) atoms. The second kappa shape index (κ2) is 6.37. The van der Waals surface area contributed by atoms with E-state index in [-0.39, 0.29) is 5.92 Å². The summed E-state index contributed by atoms with van der Waals surface area (Å²) in [6.07, 6.45) is 10.8. The monoisotopic (exact) mass is 393 g/mol. The standard InChI is InChI=1S/C20H13Cl2N5/c21-12-5-14-16(9-26-19(14)24-7-12)18(11-1-3-23-4-2-11)17-10-27-20-15(17)6-13(22)8-25-20/h1-10,18H,(H,24,26)(H,25,27). The van der Waals surface area contributed by atoms with Crippen LogP contribution in [0.2, 0.25) is 10.0 Å². The van der Waals surface area contributed by atoms with Crippen molar-refractivity contribution in [2.24, 2.45) is 0 Å². The van der Waals surface area contributed by atoms with E-state index in [2.05, 4.69) is 24.9 Å². The third-order valence-electron chi connectivity index (χ3n) is 4.72. The zero-order valence-corrected chi connectivity index (χ0v) is 15.5. The molecule has 5 heterocycles. The largest absolute Gasteiger partial charge is 0.346 e. The Bertz CT molecular complexity index is 1180. The fourth-order valence-corrected chi connectivity index (χ4v) is 3.87. The molecule has 0 aromatic carbocycles. The highest BCUT2D eigenvalue weighted by molar-refractivity contribution is 6.31. The molecule has 0 amide bonds. The number of aromatic amines is 2. The summed E-state index contributed by atoms with van der Waals surface area (Å²) < 4.78 is 0. The molecule has 0 unspecified atom stereocenters. The van der Waals surface area contributed by atoms with E-state index < -0.39 is 0 Å². The van der Waals surface area contributed by atoms with E-state index >= 15 is 0 Å². The van der Waals surface area contributed by atoms with Crippen molar-refractivity contribution in [3.63, 3.8) is 0 Å². The van der Waals surface area contributed by atoms with Crippen molar-refractivity contribution < 1.29 is 0 Å². The van der Waals surface area contributed by atoms with E-state index in [9.17, 15) is 0 Å². The normalized spacial score (nSPS) is 11.7. The molecule has 0 aliphatic rings. The minimum atomic E-state index is -0.0592. The number of aromatic nitrogens is 5. The van der Waals surface area contributed by atoms with E-state index in [1.54, 1.807) is 24.8 Å². The average Bonchev–Trinajstić information content (AvgIpc) is 3.28. The van der Waals surface area contributed by atoms with Gasteiger partial charge in [0.1, 0.15) is 11.3 Å². The second-order valence-corrected chi connectivity index (χ2v) is 7.17. The lowest BCUT2D eigenvalue weighted by atomic mass is 9.86. The third kappa shape index (κ3) is 2.76. The molecule has 0 aliphatic heterocycles. The SMILES string of the molecule is Clc1cnc2[nH]cc(C(c3ccncc3)c3c[nH]c4ncc(Cl)cc34)c2c1. The molecule has 0 aliphatic carbocycles. The van der Waals surface area contributed by atoms with Crippen molar-refractivity contribution in [1.82, 2.24) is 24.9 Å². The van der Waals surface area contributed by atoms with Gasteiger partial charge >= 0.3 is 0 Å². The second-order valence-electron chi connectivity index (χ2n) is 6.30. The van der Waals surface area contributed by atoms with Gasteiger partial charge in [-0.05, 0) is 41.0 Å². The van der Waals surface area contributed by atoms with Gasteiger partial charge in [0.05, 0.1) is 10.0 Å². The van der Waals surface area contributed by atoms with Gasteiger partial charge in [0, 0.05) is 53.9 Å². The molecule has 132 valence electrons. The summed E-state index contributed by atoms with van der Waals surface area (Å²) in [7, 11) is 0. The quantitative estimate of drug-likeness (QED) is 0.435. The lowest BCUT2D eigenvalue weighted by Gasteiger charge is -2.17. The Morgan fingerprint density at radius 1 is 0.778 bits per heavy atom. The number of halogens is 2. The van der Waals surface area contributed by atoms with Crippen LogP contribution in [0.25, 0.3) is 22.1 Å². The zero-order valence-electron chi connectivity index (χ0n) is 13.9. The van der Waals surface area contributed by atoms with Crippen LogP contribution in [0.3, 0.4) is 0 Å². The number of rotatable bonds is 3. The summed E-state index contributed by atoms with van der Waals surface area (Å²) >= 11 is 12.4. The molecule has 2 N–H and O–H groups in total. The van der Waals surface area contributed by atoms with Crippen LogP contribution in [0, 0.1) is 0 Å². The Balaban J connectivity index is 1.81. The van der Waals surface area contributed by atoms with Crippen LogP contribution in [0.5, 0.6) is 0 Å². The van der Waals surface area contributed by atoms with Gasteiger partial charge in [-0.25, -0.2) is 9.97 Å². The van der Waals surface area contributed by atoms with Crippen LogP contribution in [0.4, 0.5) is 0 Å². The van der Waals surface area contributed by atoms with E-state index in [1.165, 1.54) is 0 Å². The van der Waals surface area contributed by atoms with Crippen molar-refractivity contribution in [3.05, 3.63) is 88.2 Å². The molecule has 0 radical (unpaired) electrons. The molecule has 5 rings (SSSR count). The molecule has 0 bridgehead atoms. The first-order valence-corrected chi connectivity index (χ1v) is 9.11. The predicted molar refractivity (Wildman–Crippen MR) is 107 cm³/mol. The first-order valence-electron chi connectivity index (χ1n) is 8.35. The van der Waals surface area contributed by atoms with Gasteiger partial charge in [0.25, 0.3) is 0 Å². The maximum Gasteiger partial charge on any atom is 0.137 e. The van der Waals surface area contributed by atoms with Crippen molar-refractivity contribution in [1.29, 1.82) is 0 Å². The molecule has 0 saturated carbocycles. The lowest BCUT2D eigenvalue weighted by molar-refractivity contribution is 0.990. The van der Waals surface area contributed by atoms with Crippen molar-refractivity contribution in [2.75, 3.05) is 0 Å². The fourth-order valence-electron chi connectivity index (χ4n) is 3.56. The van der Waals surface area contributed by atoms with E-state index in [4.69, 9.17) is 23.2 Å². The van der Waals surface area contributed by atoms with Crippen LogP contribution in [-0.4, -0.2) is 24.9 Å². The molecule has 5 aromatic rings. The number of fused-ring (bicyclic) bond motifs is 2. The summed E-state index contributed by atoms with van der Waals surface area (Å²) in [6.45, 7) is 0. The molecule has 0 saturated heterocycles. The Hall–Kier alpha value is -2.89. The van der Waals surface area contributed by atoms with Gasteiger partial charge < -0.3 is 9.97 Å². The topological polar surface area (TPSA) is 70.2 Å². The van der Waals surface area contributed by atoms with Crippen molar-refractivity contribution in [3.8, 4) is 0 Å². The van der Waals surface area contributed by atoms with Gasteiger partial charge in [0.2, 0.25) is 0 Å². The molecule has 0 fully saturated rings. The summed E-state index contributed by atoms with van der Waals surface area (Å²) in [4.78, 5) is 19.4. The Morgan fingerprint density at radius 2 is 1.30 bits per heavy atom. The van der Waals surface area contributed by atoms with Crippen LogP contribution in [0.15, 0.2) is 61.4 Å².